The van der Waals surface area contributed by atoms with Crippen LogP contribution in [0.4, 0.5) is 13.2 Å². The first kappa shape index (κ1) is 32.1. The summed E-state index contributed by atoms with van der Waals surface area (Å²) in [5.41, 5.74) is 3.26. The van der Waals surface area contributed by atoms with E-state index in [1.807, 2.05) is 57.2 Å². The number of hydrogen-bond donors (Lipinski definition) is 2. The van der Waals surface area contributed by atoms with Crippen LogP contribution in [-0.4, -0.2) is 80.6 Å². The van der Waals surface area contributed by atoms with Crippen molar-refractivity contribution in [3.05, 3.63) is 58.7 Å². The van der Waals surface area contributed by atoms with Crippen molar-refractivity contribution in [3.8, 4) is 5.75 Å². The van der Waals surface area contributed by atoms with E-state index in [1.165, 1.54) is 4.31 Å². The largest absolute Gasteiger partial charge is 0.497 e. The van der Waals surface area contributed by atoms with Gasteiger partial charge in [0.25, 0.3) is 0 Å². The van der Waals surface area contributed by atoms with E-state index in [4.69, 9.17) is 14.6 Å². The number of hydrogen-bond acceptors (Lipinski definition) is 6. The van der Waals surface area contributed by atoms with E-state index in [0.717, 1.165) is 24.2 Å². The van der Waals surface area contributed by atoms with E-state index < -0.39 is 22.2 Å². The number of rotatable bonds is 8. The molecule has 0 saturated carbocycles. The summed E-state index contributed by atoms with van der Waals surface area (Å²) in [6.07, 6.45) is -4.94. The molecule has 216 valence electrons. The van der Waals surface area contributed by atoms with Crippen LogP contribution in [0.15, 0.2) is 41.3 Å². The Kier molecular flexibility index (Phi) is 11.3. The lowest BCUT2D eigenvalue weighted by Crippen LogP contribution is -2.47. The number of carbonyl (C=O) groups excluding carboxylic acids is 1. The predicted octanol–water partition coefficient (Wildman–Crippen LogP) is 3.27. The smallest absolute Gasteiger partial charge is 0.490 e. The number of halogens is 3. The number of carboxylic acid groups (broad SMARTS) is 1. The van der Waals surface area contributed by atoms with Crippen molar-refractivity contribution in [2.24, 2.45) is 0 Å². The highest BCUT2D eigenvalue weighted by atomic mass is 32.2. The van der Waals surface area contributed by atoms with Crippen LogP contribution in [0, 0.1) is 20.8 Å². The number of benzene rings is 2. The monoisotopic (exact) mass is 573 g/mol. The van der Waals surface area contributed by atoms with Crippen molar-refractivity contribution in [2.75, 3.05) is 39.8 Å². The molecule has 1 amide bonds. The van der Waals surface area contributed by atoms with Crippen molar-refractivity contribution < 1.29 is 41.0 Å². The van der Waals surface area contributed by atoms with Gasteiger partial charge in [-0.1, -0.05) is 29.8 Å². The molecule has 0 aromatic heterocycles. The highest BCUT2D eigenvalue weighted by molar-refractivity contribution is 7.89. The molecule has 0 unspecified atom stereocenters. The molecule has 39 heavy (non-hydrogen) atoms. The van der Waals surface area contributed by atoms with E-state index in [0.29, 0.717) is 34.9 Å². The van der Waals surface area contributed by atoms with Gasteiger partial charge in [0.2, 0.25) is 15.9 Å². The predicted molar refractivity (Wildman–Crippen MR) is 139 cm³/mol. The number of aliphatic carboxylic acids is 1. The third-order valence-corrected chi connectivity index (χ3v) is 8.13. The molecule has 0 aliphatic carbocycles. The Morgan fingerprint density at radius 2 is 1.64 bits per heavy atom. The minimum Gasteiger partial charge on any atom is -0.497 e. The molecule has 1 saturated heterocycles. The maximum atomic E-state index is 13.8. The normalized spacial score (nSPS) is 14.0. The lowest BCUT2D eigenvalue weighted by atomic mass is 10.1. The summed E-state index contributed by atoms with van der Waals surface area (Å²) in [4.78, 5) is 23.8. The van der Waals surface area contributed by atoms with Crippen molar-refractivity contribution in [3.63, 3.8) is 0 Å². The van der Waals surface area contributed by atoms with Gasteiger partial charge < -0.3 is 20.1 Å². The van der Waals surface area contributed by atoms with E-state index in [1.54, 1.807) is 12.0 Å². The maximum absolute atomic E-state index is 13.8. The van der Waals surface area contributed by atoms with E-state index in [-0.39, 0.29) is 25.4 Å². The molecule has 0 radical (unpaired) electrons. The number of amides is 1. The molecule has 0 spiro atoms. The molecule has 3 rings (SSSR count). The number of nitrogens with zero attached hydrogens (tertiary/aromatic N) is 2. The first-order chi connectivity index (χ1) is 18.2. The summed E-state index contributed by atoms with van der Waals surface area (Å²) in [5.74, 6) is -2.11. The van der Waals surface area contributed by atoms with Crippen LogP contribution in [0.25, 0.3) is 0 Å². The number of carbonyl (C=O) groups is 2. The zero-order valence-electron chi connectivity index (χ0n) is 22.3. The highest BCUT2D eigenvalue weighted by Gasteiger charge is 2.38. The zero-order chi connectivity index (χ0) is 29.4. The Balaban J connectivity index is 0.000000673. The standard InChI is InChI=1S/C24H33N3O4S.C2HF3O2/c1-18-14-19(2)24(20(3)15-18)32(29,30)27(17-21-6-5-7-22(16-21)31-4)11-8-23(28)26-12-9-25-10-13-26;3-2(4,5)1(6)7/h5-7,14-16,25H,8-13,17H2,1-4H3;(H,6,7). The van der Waals surface area contributed by atoms with Crippen LogP contribution < -0.4 is 10.1 Å². The second kappa shape index (κ2) is 13.8. The third-order valence-electron chi connectivity index (χ3n) is 5.98. The summed E-state index contributed by atoms with van der Waals surface area (Å²) < 4.78 is 66.0. The number of methoxy groups -OCH3 is 1. The topological polar surface area (TPSA) is 116 Å². The lowest BCUT2D eigenvalue weighted by Gasteiger charge is -2.29. The van der Waals surface area contributed by atoms with Crippen LogP contribution in [0.5, 0.6) is 5.75 Å². The third kappa shape index (κ3) is 9.22. The molecular formula is C26H34F3N3O6S. The molecular weight excluding hydrogens is 539 g/mol. The first-order valence-electron chi connectivity index (χ1n) is 12.2. The van der Waals surface area contributed by atoms with Gasteiger partial charge >= 0.3 is 12.1 Å². The number of nitrogens with one attached hydrogen (secondary N) is 1. The Morgan fingerprint density at radius 3 is 2.15 bits per heavy atom. The summed E-state index contributed by atoms with van der Waals surface area (Å²) in [5, 5.41) is 10.4. The molecule has 1 heterocycles. The Bertz CT molecular complexity index is 1240. The molecule has 1 fully saturated rings. The van der Waals surface area contributed by atoms with Gasteiger partial charge in [-0.25, -0.2) is 13.2 Å². The number of alkyl halides is 3. The van der Waals surface area contributed by atoms with Crippen LogP contribution in [0.1, 0.15) is 28.7 Å². The Morgan fingerprint density at radius 1 is 1.08 bits per heavy atom. The van der Waals surface area contributed by atoms with Gasteiger partial charge in [-0.2, -0.15) is 17.5 Å². The molecule has 9 nitrogen and oxygen atoms in total. The van der Waals surface area contributed by atoms with E-state index in [9.17, 15) is 26.4 Å². The van der Waals surface area contributed by atoms with Crippen LogP contribution >= 0.6 is 0 Å². The van der Waals surface area contributed by atoms with E-state index >= 15 is 0 Å². The molecule has 1 aliphatic rings. The highest BCUT2D eigenvalue weighted by Crippen LogP contribution is 2.27. The van der Waals surface area contributed by atoms with Gasteiger partial charge in [0.15, 0.2) is 0 Å². The van der Waals surface area contributed by atoms with Crippen LogP contribution in [0.2, 0.25) is 0 Å². The molecule has 0 atom stereocenters. The van der Waals surface area contributed by atoms with Crippen LogP contribution in [0.3, 0.4) is 0 Å². The molecule has 2 aromatic carbocycles. The number of ether oxygens (including phenoxy) is 1. The second-order valence-corrected chi connectivity index (χ2v) is 11.0. The van der Waals surface area contributed by atoms with Crippen molar-refractivity contribution >= 4 is 21.9 Å². The van der Waals surface area contributed by atoms with Crippen LogP contribution in [-0.2, 0) is 26.2 Å². The summed E-state index contributed by atoms with van der Waals surface area (Å²) >= 11 is 0. The van der Waals surface area contributed by atoms with Gasteiger partial charge in [0.05, 0.1) is 12.0 Å². The van der Waals surface area contributed by atoms with Crippen molar-refractivity contribution in [1.82, 2.24) is 14.5 Å². The maximum Gasteiger partial charge on any atom is 0.490 e. The van der Waals surface area contributed by atoms with E-state index in [2.05, 4.69) is 5.32 Å². The summed E-state index contributed by atoms with van der Waals surface area (Å²) in [7, 11) is -2.23. The molecule has 2 N–H and O–H groups in total. The summed E-state index contributed by atoms with van der Waals surface area (Å²) in [6, 6.07) is 11.1. The lowest BCUT2D eigenvalue weighted by molar-refractivity contribution is -0.192. The van der Waals surface area contributed by atoms with Gasteiger partial charge in [0, 0.05) is 45.7 Å². The van der Waals surface area contributed by atoms with Crippen molar-refractivity contribution in [2.45, 2.75) is 44.8 Å². The minimum absolute atomic E-state index is 0.0188. The summed E-state index contributed by atoms with van der Waals surface area (Å²) in [6.45, 7) is 8.71. The number of piperazine rings is 1. The Labute approximate surface area is 226 Å². The SMILES string of the molecule is COc1cccc(CN(CCC(=O)N2CCNCC2)S(=O)(=O)c2c(C)cc(C)cc2C)c1.O=C(O)C(F)(F)F. The van der Waals surface area contributed by atoms with Gasteiger partial charge in [-0.05, 0) is 49.6 Å². The molecule has 13 heteroatoms. The van der Waals surface area contributed by atoms with Gasteiger partial charge in [-0.3, -0.25) is 4.79 Å². The van der Waals surface area contributed by atoms with Gasteiger partial charge in [-0.15, -0.1) is 0 Å². The molecule has 0 bridgehead atoms. The number of aryl methyl sites for hydroxylation is 3. The first-order valence-corrected chi connectivity index (χ1v) is 13.6. The zero-order valence-corrected chi connectivity index (χ0v) is 23.2. The quantitative estimate of drug-likeness (QED) is 0.498. The minimum atomic E-state index is -5.08. The second-order valence-electron chi connectivity index (χ2n) is 9.10. The fraction of sp³-hybridized carbons (Fsp3) is 0.462. The average molecular weight is 574 g/mol. The average Bonchev–Trinajstić information content (AvgIpc) is 2.85. The fourth-order valence-corrected chi connectivity index (χ4v) is 6.09. The van der Waals surface area contributed by atoms with Crippen molar-refractivity contribution in [1.29, 1.82) is 0 Å². The molecule has 2 aromatic rings. The molecule has 1 aliphatic heterocycles. The van der Waals surface area contributed by atoms with Gasteiger partial charge in [0.1, 0.15) is 5.75 Å². The Hall–Kier alpha value is -3.16. The number of carboxylic acids is 1. The fourth-order valence-electron chi connectivity index (χ4n) is 4.25. The number of sulfonamides is 1.